The predicted molar refractivity (Wildman–Crippen MR) is 89.0 cm³/mol. The van der Waals surface area contributed by atoms with Gasteiger partial charge in [0.2, 0.25) is 11.8 Å². The number of amides is 2. The van der Waals surface area contributed by atoms with Crippen molar-refractivity contribution in [3.63, 3.8) is 0 Å². The van der Waals surface area contributed by atoms with Crippen LogP contribution in [0.15, 0.2) is 30.3 Å². The second-order valence-electron chi connectivity index (χ2n) is 6.47. The number of benzene rings is 1. The van der Waals surface area contributed by atoms with Crippen LogP contribution in [0.5, 0.6) is 0 Å². The SMILES string of the molecule is CC1(C)SC2[C@@H](NC(=O)C(N)c3ccccc3)C(=O)N2C1C(=O)O. The lowest BCUT2D eigenvalue weighted by Crippen LogP contribution is -2.71. The third kappa shape index (κ3) is 2.55. The van der Waals surface area contributed by atoms with Crippen molar-refractivity contribution >= 4 is 29.5 Å². The topological polar surface area (TPSA) is 113 Å². The molecule has 3 unspecified atom stereocenters. The Kier molecular flexibility index (Phi) is 4.05. The largest absolute Gasteiger partial charge is 0.480 e. The molecule has 2 aliphatic rings. The summed E-state index contributed by atoms with van der Waals surface area (Å²) in [5, 5.41) is 11.7. The van der Waals surface area contributed by atoms with E-state index < -0.39 is 34.7 Å². The van der Waals surface area contributed by atoms with Crippen LogP contribution in [0.3, 0.4) is 0 Å². The number of rotatable bonds is 4. The summed E-state index contributed by atoms with van der Waals surface area (Å²) in [6, 6.07) is 6.38. The Labute approximate surface area is 143 Å². The summed E-state index contributed by atoms with van der Waals surface area (Å²) in [6.07, 6.45) is 0. The second kappa shape index (κ2) is 5.78. The lowest BCUT2D eigenvalue weighted by atomic mass is 9.95. The summed E-state index contributed by atoms with van der Waals surface area (Å²) in [6.45, 7) is 3.58. The van der Waals surface area contributed by atoms with E-state index in [2.05, 4.69) is 5.32 Å². The fourth-order valence-electron chi connectivity index (χ4n) is 3.20. The van der Waals surface area contributed by atoms with E-state index in [0.29, 0.717) is 5.56 Å². The number of carbonyl (C=O) groups excluding carboxylic acids is 2. The molecule has 2 heterocycles. The molecule has 2 aliphatic heterocycles. The van der Waals surface area contributed by atoms with Crippen LogP contribution in [0.2, 0.25) is 0 Å². The summed E-state index contributed by atoms with van der Waals surface area (Å²) in [7, 11) is 0. The van der Waals surface area contributed by atoms with E-state index in [9.17, 15) is 19.5 Å². The summed E-state index contributed by atoms with van der Waals surface area (Å²) < 4.78 is -0.618. The highest BCUT2D eigenvalue weighted by molar-refractivity contribution is 8.01. The van der Waals surface area contributed by atoms with Crippen LogP contribution in [0, 0.1) is 0 Å². The molecule has 1 aromatic rings. The van der Waals surface area contributed by atoms with Crippen molar-refractivity contribution in [3.05, 3.63) is 35.9 Å². The lowest BCUT2D eigenvalue weighted by Gasteiger charge is -2.43. The molecule has 128 valence electrons. The van der Waals surface area contributed by atoms with Gasteiger partial charge < -0.3 is 21.1 Å². The van der Waals surface area contributed by atoms with Gasteiger partial charge in [0.1, 0.15) is 23.5 Å². The molecule has 7 nitrogen and oxygen atoms in total. The Morgan fingerprint density at radius 1 is 1.33 bits per heavy atom. The van der Waals surface area contributed by atoms with Crippen LogP contribution in [-0.2, 0) is 14.4 Å². The second-order valence-corrected chi connectivity index (χ2v) is 8.24. The van der Waals surface area contributed by atoms with Crippen LogP contribution >= 0.6 is 11.8 Å². The first-order valence-corrected chi connectivity index (χ1v) is 8.45. The molecule has 0 saturated carbocycles. The number of nitrogens with one attached hydrogen (secondary N) is 1. The van der Waals surface area contributed by atoms with Gasteiger partial charge in [0.25, 0.3) is 0 Å². The lowest BCUT2D eigenvalue weighted by molar-refractivity contribution is -0.161. The first-order valence-electron chi connectivity index (χ1n) is 7.58. The number of carboxylic acid groups (broad SMARTS) is 1. The maximum atomic E-state index is 12.3. The number of fused-ring (bicyclic) bond motifs is 1. The number of β-lactam (4-membered cyclic amide) rings is 1. The highest BCUT2D eigenvalue weighted by Gasteiger charge is 2.64. The molecule has 24 heavy (non-hydrogen) atoms. The minimum atomic E-state index is -1.03. The van der Waals surface area contributed by atoms with E-state index in [0.717, 1.165) is 0 Å². The summed E-state index contributed by atoms with van der Waals surface area (Å²) >= 11 is 1.38. The monoisotopic (exact) mass is 349 g/mol. The highest BCUT2D eigenvalue weighted by atomic mass is 32.2. The molecule has 4 N–H and O–H groups in total. The van der Waals surface area contributed by atoms with E-state index in [1.807, 2.05) is 6.07 Å². The first-order chi connectivity index (χ1) is 11.2. The van der Waals surface area contributed by atoms with E-state index >= 15 is 0 Å². The van der Waals surface area contributed by atoms with E-state index in [-0.39, 0.29) is 11.3 Å². The molecule has 0 bridgehead atoms. The van der Waals surface area contributed by atoms with E-state index in [1.54, 1.807) is 38.1 Å². The molecule has 3 rings (SSSR count). The van der Waals surface area contributed by atoms with Crippen LogP contribution in [0.25, 0.3) is 0 Å². The van der Waals surface area contributed by atoms with Crippen molar-refractivity contribution in [2.24, 2.45) is 5.73 Å². The van der Waals surface area contributed by atoms with Crippen molar-refractivity contribution in [3.8, 4) is 0 Å². The van der Waals surface area contributed by atoms with E-state index in [1.165, 1.54) is 16.7 Å². The number of carboxylic acids is 1. The summed E-state index contributed by atoms with van der Waals surface area (Å²) in [5.41, 5.74) is 6.59. The van der Waals surface area contributed by atoms with Gasteiger partial charge in [-0.1, -0.05) is 30.3 Å². The van der Waals surface area contributed by atoms with Crippen LogP contribution in [0.1, 0.15) is 25.5 Å². The molecule has 2 amide bonds. The van der Waals surface area contributed by atoms with Gasteiger partial charge in [-0.05, 0) is 19.4 Å². The molecule has 2 fully saturated rings. The van der Waals surface area contributed by atoms with Crippen molar-refractivity contribution < 1.29 is 19.5 Å². The number of nitrogens with two attached hydrogens (primary N) is 1. The fourth-order valence-corrected chi connectivity index (χ4v) is 4.83. The zero-order valence-electron chi connectivity index (χ0n) is 13.3. The zero-order valence-corrected chi connectivity index (χ0v) is 14.1. The molecule has 2 saturated heterocycles. The van der Waals surface area contributed by atoms with Gasteiger partial charge in [-0.25, -0.2) is 4.79 Å². The first kappa shape index (κ1) is 16.8. The van der Waals surface area contributed by atoms with Crippen LogP contribution in [0.4, 0.5) is 0 Å². The third-order valence-electron chi connectivity index (χ3n) is 4.41. The van der Waals surface area contributed by atoms with Gasteiger partial charge in [0.05, 0.1) is 0 Å². The average molecular weight is 349 g/mol. The molecule has 0 aliphatic carbocycles. The molecular formula is C16H19N3O4S. The van der Waals surface area contributed by atoms with Crippen LogP contribution < -0.4 is 11.1 Å². The van der Waals surface area contributed by atoms with Gasteiger partial charge in [-0.3, -0.25) is 9.59 Å². The van der Waals surface area contributed by atoms with Gasteiger partial charge in [0, 0.05) is 4.75 Å². The number of thioether (sulfide) groups is 1. The Balaban J connectivity index is 1.71. The van der Waals surface area contributed by atoms with Crippen molar-refractivity contribution in [2.45, 2.75) is 42.1 Å². The van der Waals surface area contributed by atoms with E-state index in [4.69, 9.17) is 5.73 Å². The standard InChI is InChI=1S/C16H19N3O4S/c1-16(2)11(15(22)23)19-13(21)10(14(19)24-16)18-12(20)9(17)8-6-4-3-5-7-8/h3-7,9-11,14H,17H2,1-2H3,(H,18,20)(H,22,23)/t9?,10-,11?,14?/m0/s1. The number of hydrogen-bond acceptors (Lipinski definition) is 5. The van der Waals surface area contributed by atoms with Crippen molar-refractivity contribution in [1.29, 1.82) is 0 Å². The van der Waals surface area contributed by atoms with Gasteiger partial charge in [0.15, 0.2) is 0 Å². The molecule has 4 atom stereocenters. The predicted octanol–water partition coefficient (Wildman–Crippen LogP) is 0.318. The molecule has 8 heteroatoms. The maximum Gasteiger partial charge on any atom is 0.327 e. The Morgan fingerprint density at radius 2 is 1.96 bits per heavy atom. The molecular weight excluding hydrogens is 330 g/mol. The number of carbonyl (C=O) groups is 3. The summed E-state index contributed by atoms with van der Waals surface area (Å²) in [4.78, 5) is 37.5. The zero-order chi connectivity index (χ0) is 17.6. The van der Waals surface area contributed by atoms with Gasteiger partial charge >= 0.3 is 5.97 Å². The molecule has 0 spiro atoms. The highest BCUT2D eigenvalue weighted by Crippen LogP contribution is 2.50. The smallest absolute Gasteiger partial charge is 0.327 e. The number of hydrogen-bond donors (Lipinski definition) is 3. The summed E-state index contributed by atoms with van der Waals surface area (Å²) in [5.74, 6) is -1.86. The van der Waals surface area contributed by atoms with Crippen molar-refractivity contribution in [2.75, 3.05) is 0 Å². The molecule has 0 aromatic heterocycles. The van der Waals surface area contributed by atoms with Gasteiger partial charge in [-0.2, -0.15) is 0 Å². The Hall–Kier alpha value is -2.06. The molecule has 0 radical (unpaired) electrons. The normalized spacial score (nSPS) is 28.7. The van der Waals surface area contributed by atoms with Crippen molar-refractivity contribution in [1.82, 2.24) is 10.2 Å². The fraction of sp³-hybridized carbons (Fsp3) is 0.438. The number of aliphatic carboxylic acids is 1. The number of nitrogens with zero attached hydrogens (tertiary/aromatic N) is 1. The minimum Gasteiger partial charge on any atom is -0.480 e. The average Bonchev–Trinajstić information content (AvgIpc) is 2.80. The molecule has 1 aromatic carbocycles. The maximum absolute atomic E-state index is 12.3. The van der Waals surface area contributed by atoms with Crippen LogP contribution in [-0.4, -0.2) is 50.0 Å². The third-order valence-corrected chi connectivity index (χ3v) is 5.99. The quantitative estimate of drug-likeness (QED) is 0.675. The Morgan fingerprint density at radius 3 is 2.54 bits per heavy atom. The Bertz CT molecular complexity index is 694. The minimum absolute atomic E-state index is 0.375. The van der Waals surface area contributed by atoms with Gasteiger partial charge in [-0.15, -0.1) is 11.8 Å².